The number of amides is 2. The molecule has 2 heterocycles. The van der Waals surface area contributed by atoms with Gasteiger partial charge in [-0.2, -0.15) is 0 Å². The molecule has 3 rings (SSSR count). The normalized spacial score (nSPS) is 16.9. The molecule has 25 heavy (non-hydrogen) atoms. The predicted octanol–water partition coefficient (Wildman–Crippen LogP) is 1.04. The second kappa shape index (κ2) is 9.17. The first-order valence-electron chi connectivity index (χ1n) is 8.77. The Morgan fingerprint density at radius 1 is 1.20 bits per heavy atom. The third-order valence-corrected chi connectivity index (χ3v) is 4.76. The van der Waals surface area contributed by atoms with Crippen molar-refractivity contribution in [3.8, 4) is 0 Å². The van der Waals surface area contributed by atoms with Gasteiger partial charge in [0.2, 0.25) is 5.91 Å². The van der Waals surface area contributed by atoms with Crippen LogP contribution in [-0.2, 0) is 11.2 Å². The molecule has 0 saturated carbocycles. The fraction of sp³-hybridized carbons (Fsp3) is 0.556. The van der Waals surface area contributed by atoms with Crippen LogP contribution in [0.3, 0.4) is 0 Å². The summed E-state index contributed by atoms with van der Waals surface area (Å²) in [6, 6.07) is 5.62. The molecule has 7 heteroatoms. The van der Waals surface area contributed by atoms with Crippen LogP contribution in [0.4, 0.5) is 5.69 Å². The van der Waals surface area contributed by atoms with Crippen molar-refractivity contribution < 1.29 is 9.59 Å². The van der Waals surface area contributed by atoms with Gasteiger partial charge in [0, 0.05) is 57.4 Å². The van der Waals surface area contributed by atoms with Gasteiger partial charge in [-0.05, 0) is 43.1 Å². The van der Waals surface area contributed by atoms with Gasteiger partial charge in [0.25, 0.3) is 5.91 Å². The number of nitrogens with one attached hydrogen (secondary N) is 2. The number of benzene rings is 1. The predicted molar refractivity (Wildman–Crippen MR) is 102 cm³/mol. The lowest BCUT2D eigenvalue weighted by atomic mass is 10.1. The van der Waals surface area contributed by atoms with Gasteiger partial charge in [0.1, 0.15) is 0 Å². The van der Waals surface area contributed by atoms with Crippen molar-refractivity contribution in [3.05, 3.63) is 29.3 Å². The highest BCUT2D eigenvalue weighted by Crippen LogP contribution is 2.28. The SMILES string of the molecule is CC(=O)N1CCc2cc(C(=O)NCCCN3CCNCC3)ccc21.Cl. The molecular weight excluding hydrogens is 340 g/mol. The van der Waals surface area contributed by atoms with Crippen LogP contribution in [0, 0.1) is 0 Å². The van der Waals surface area contributed by atoms with Gasteiger partial charge in [-0.1, -0.05) is 0 Å². The Balaban J connectivity index is 0.00000225. The molecule has 0 spiro atoms. The standard InChI is InChI=1S/C18H26N4O2.ClH/c1-14(23)22-10-5-15-13-16(3-4-17(15)22)18(24)20-6-2-9-21-11-7-19-8-12-21;/h3-4,13,19H,2,5-12H2,1H3,(H,20,24);1H. The smallest absolute Gasteiger partial charge is 0.251 e. The van der Waals surface area contributed by atoms with Crippen LogP contribution in [0.2, 0.25) is 0 Å². The molecule has 1 aromatic rings. The van der Waals surface area contributed by atoms with E-state index in [1.54, 1.807) is 11.8 Å². The van der Waals surface area contributed by atoms with Crippen molar-refractivity contribution in [2.24, 2.45) is 0 Å². The van der Waals surface area contributed by atoms with Crippen molar-refractivity contribution in [3.63, 3.8) is 0 Å². The van der Waals surface area contributed by atoms with Crippen LogP contribution < -0.4 is 15.5 Å². The number of anilines is 1. The minimum Gasteiger partial charge on any atom is -0.352 e. The highest BCUT2D eigenvalue weighted by molar-refractivity contribution is 5.97. The first-order chi connectivity index (χ1) is 11.6. The summed E-state index contributed by atoms with van der Waals surface area (Å²) < 4.78 is 0. The maximum absolute atomic E-state index is 12.3. The van der Waals surface area contributed by atoms with Gasteiger partial charge >= 0.3 is 0 Å². The van der Waals surface area contributed by atoms with Crippen molar-refractivity contribution in [2.45, 2.75) is 19.8 Å². The van der Waals surface area contributed by atoms with Crippen molar-refractivity contribution in [2.75, 3.05) is 50.7 Å². The largest absolute Gasteiger partial charge is 0.352 e. The molecule has 1 fully saturated rings. The van der Waals surface area contributed by atoms with E-state index in [0.717, 1.165) is 56.8 Å². The number of nitrogens with zero attached hydrogens (tertiary/aromatic N) is 2. The Labute approximate surface area is 155 Å². The van der Waals surface area contributed by atoms with Gasteiger partial charge in [-0.15, -0.1) is 12.4 Å². The molecule has 2 aliphatic heterocycles. The summed E-state index contributed by atoms with van der Waals surface area (Å²) >= 11 is 0. The molecule has 0 atom stereocenters. The number of carbonyl (C=O) groups is 2. The number of carbonyl (C=O) groups excluding carboxylic acids is 2. The first-order valence-corrected chi connectivity index (χ1v) is 8.77. The third kappa shape index (κ3) is 4.93. The first kappa shape index (κ1) is 19.7. The molecule has 2 N–H and O–H groups in total. The van der Waals surface area contributed by atoms with Crippen molar-refractivity contribution in [1.82, 2.24) is 15.5 Å². The monoisotopic (exact) mass is 366 g/mol. The van der Waals surface area contributed by atoms with Gasteiger partial charge in [0.15, 0.2) is 0 Å². The quantitative estimate of drug-likeness (QED) is 0.764. The van der Waals surface area contributed by atoms with Crippen LogP contribution >= 0.6 is 12.4 Å². The van der Waals surface area contributed by atoms with E-state index in [2.05, 4.69) is 15.5 Å². The van der Waals surface area contributed by atoms with Gasteiger partial charge < -0.3 is 20.4 Å². The molecule has 2 aliphatic rings. The fourth-order valence-electron chi connectivity index (χ4n) is 3.41. The zero-order chi connectivity index (χ0) is 16.9. The van der Waals surface area contributed by atoms with E-state index in [4.69, 9.17) is 0 Å². The summed E-state index contributed by atoms with van der Waals surface area (Å²) in [5, 5.41) is 6.34. The molecule has 6 nitrogen and oxygen atoms in total. The lowest BCUT2D eigenvalue weighted by Gasteiger charge is -2.27. The van der Waals surface area contributed by atoms with E-state index in [1.165, 1.54) is 0 Å². The highest BCUT2D eigenvalue weighted by Gasteiger charge is 2.23. The highest BCUT2D eigenvalue weighted by atomic mass is 35.5. The van der Waals surface area contributed by atoms with E-state index < -0.39 is 0 Å². The van der Waals surface area contributed by atoms with Gasteiger partial charge in [0.05, 0.1) is 0 Å². The molecular formula is C18H27ClN4O2. The molecule has 0 radical (unpaired) electrons. The number of hydrogen-bond acceptors (Lipinski definition) is 4. The molecule has 1 saturated heterocycles. The number of piperazine rings is 1. The van der Waals surface area contributed by atoms with Crippen LogP contribution in [0.15, 0.2) is 18.2 Å². The molecule has 0 bridgehead atoms. The lowest BCUT2D eigenvalue weighted by Crippen LogP contribution is -2.44. The zero-order valence-corrected chi connectivity index (χ0v) is 15.5. The second-order valence-electron chi connectivity index (χ2n) is 6.47. The summed E-state index contributed by atoms with van der Waals surface area (Å²) in [4.78, 5) is 28.1. The summed E-state index contributed by atoms with van der Waals surface area (Å²) in [6.45, 7) is 8.29. The minimum absolute atomic E-state index is 0. The average molecular weight is 367 g/mol. The second-order valence-corrected chi connectivity index (χ2v) is 6.47. The maximum Gasteiger partial charge on any atom is 0.251 e. The number of hydrogen-bond donors (Lipinski definition) is 2. The summed E-state index contributed by atoms with van der Waals surface area (Å²) in [7, 11) is 0. The number of halogens is 1. The fourth-order valence-corrected chi connectivity index (χ4v) is 3.41. The van der Waals surface area contributed by atoms with Crippen LogP contribution in [0.1, 0.15) is 29.3 Å². The minimum atomic E-state index is -0.0283. The van der Waals surface area contributed by atoms with E-state index in [9.17, 15) is 9.59 Å². The Bertz CT molecular complexity index is 617. The van der Waals surface area contributed by atoms with Crippen molar-refractivity contribution >= 4 is 29.9 Å². The van der Waals surface area contributed by atoms with Crippen molar-refractivity contribution in [1.29, 1.82) is 0 Å². The van der Waals surface area contributed by atoms with E-state index in [-0.39, 0.29) is 24.2 Å². The summed E-state index contributed by atoms with van der Waals surface area (Å²) in [6.07, 6.45) is 1.79. The lowest BCUT2D eigenvalue weighted by molar-refractivity contribution is -0.116. The van der Waals surface area contributed by atoms with E-state index in [0.29, 0.717) is 18.7 Å². The van der Waals surface area contributed by atoms with Crippen LogP contribution in [0.25, 0.3) is 0 Å². The molecule has 0 aromatic heterocycles. The Kier molecular flexibility index (Phi) is 7.23. The average Bonchev–Trinajstić information content (AvgIpc) is 3.03. The van der Waals surface area contributed by atoms with Crippen LogP contribution in [-0.4, -0.2) is 62.5 Å². The zero-order valence-electron chi connectivity index (χ0n) is 14.7. The number of rotatable bonds is 5. The molecule has 1 aromatic carbocycles. The Morgan fingerprint density at radius 2 is 1.96 bits per heavy atom. The summed E-state index contributed by atoms with van der Waals surface area (Å²) in [5.74, 6) is 0.0262. The molecule has 0 aliphatic carbocycles. The van der Waals surface area contributed by atoms with E-state index >= 15 is 0 Å². The molecule has 138 valence electrons. The number of fused-ring (bicyclic) bond motifs is 1. The maximum atomic E-state index is 12.3. The van der Waals surface area contributed by atoms with E-state index in [1.807, 2.05) is 18.2 Å². The third-order valence-electron chi connectivity index (χ3n) is 4.76. The van der Waals surface area contributed by atoms with Gasteiger partial charge in [-0.3, -0.25) is 9.59 Å². The molecule has 2 amide bonds. The van der Waals surface area contributed by atoms with Crippen LogP contribution in [0.5, 0.6) is 0 Å². The molecule has 0 unspecified atom stereocenters. The Hall–Kier alpha value is -1.63. The Morgan fingerprint density at radius 3 is 2.68 bits per heavy atom. The topological polar surface area (TPSA) is 64.7 Å². The summed E-state index contributed by atoms with van der Waals surface area (Å²) in [5.41, 5.74) is 2.71. The van der Waals surface area contributed by atoms with Gasteiger partial charge in [-0.25, -0.2) is 0 Å².